The number of benzene rings is 1. The van der Waals surface area contributed by atoms with Crippen molar-refractivity contribution in [2.24, 2.45) is 0 Å². The molecule has 0 aliphatic carbocycles. The molecule has 102 valence electrons. The van der Waals surface area contributed by atoms with Crippen LogP contribution in [0.15, 0.2) is 47.1 Å². The van der Waals surface area contributed by atoms with Crippen LogP contribution in [0.5, 0.6) is 0 Å². The van der Waals surface area contributed by atoms with Gasteiger partial charge in [-0.1, -0.05) is 18.2 Å². The largest absolute Gasteiger partial charge is 0.467 e. The lowest BCUT2D eigenvalue weighted by molar-refractivity contribution is -0.121. The highest BCUT2D eigenvalue weighted by Gasteiger charge is 2.29. The van der Waals surface area contributed by atoms with Crippen molar-refractivity contribution in [2.45, 2.75) is 19.0 Å². The summed E-state index contributed by atoms with van der Waals surface area (Å²) in [6, 6.07) is 10.6. The molecular weight excluding hydrogens is 256 g/mol. The second-order valence-electron chi connectivity index (χ2n) is 4.67. The molecule has 2 N–H and O–H groups in total. The van der Waals surface area contributed by atoms with Crippen molar-refractivity contribution in [1.29, 1.82) is 0 Å². The van der Waals surface area contributed by atoms with Crippen LogP contribution in [0.1, 0.15) is 34.1 Å². The molecule has 1 aliphatic heterocycles. The zero-order valence-corrected chi connectivity index (χ0v) is 10.8. The van der Waals surface area contributed by atoms with Gasteiger partial charge in [-0.2, -0.15) is 0 Å². The molecule has 2 aromatic rings. The lowest BCUT2D eigenvalue weighted by Gasteiger charge is -2.11. The summed E-state index contributed by atoms with van der Waals surface area (Å²) < 4.78 is 5.14. The fraction of sp³-hybridized carbons (Fsp3) is 0.200. The van der Waals surface area contributed by atoms with Crippen molar-refractivity contribution >= 4 is 11.8 Å². The maximum absolute atomic E-state index is 11.9. The number of carbonyl (C=O) groups is 2. The summed E-state index contributed by atoms with van der Waals surface area (Å²) in [6.07, 6.45) is 1.79. The molecule has 3 rings (SSSR count). The first-order valence-corrected chi connectivity index (χ1v) is 6.43. The van der Waals surface area contributed by atoms with Crippen LogP contribution in [0, 0.1) is 0 Å². The third-order valence-corrected chi connectivity index (χ3v) is 3.32. The van der Waals surface area contributed by atoms with Crippen LogP contribution in [0.2, 0.25) is 0 Å². The van der Waals surface area contributed by atoms with Crippen LogP contribution in [0.3, 0.4) is 0 Å². The van der Waals surface area contributed by atoms with Gasteiger partial charge in [-0.25, -0.2) is 0 Å². The molecule has 1 aromatic heterocycles. The maximum Gasteiger partial charge on any atom is 0.252 e. The van der Waals surface area contributed by atoms with E-state index in [4.69, 9.17) is 4.42 Å². The number of furan rings is 1. The highest BCUT2D eigenvalue weighted by Crippen LogP contribution is 2.27. The third-order valence-electron chi connectivity index (χ3n) is 3.32. The fourth-order valence-corrected chi connectivity index (χ4v) is 2.34. The quantitative estimate of drug-likeness (QED) is 0.889. The van der Waals surface area contributed by atoms with E-state index in [9.17, 15) is 9.59 Å². The van der Waals surface area contributed by atoms with Gasteiger partial charge in [0.15, 0.2) is 0 Å². The fourth-order valence-electron chi connectivity index (χ4n) is 2.34. The minimum absolute atomic E-state index is 0.121. The Balaban J connectivity index is 1.61. The first kappa shape index (κ1) is 12.5. The number of nitrogens with one attached hydrogen (secondary N) is 2. The molecule has 0 fully saturated rings. The second-order valence-corrected chi connectivity index (χ2v) is 4.67. The van der Waals surface area contributed by atoms with Crippen LogP contribution in [-0.4, -0.2) is 11.8 Å². The van der Waals surface area contributed by atoms with Crippen molar-refractivity contribution in [3.8, 4) is 0 Å². The molecule has 0 unspecified atom stereocenters. The molecule has 1 atom stereocenters. The lowest BCUT2D eigenvalue weighted by Crippen LogP contribution is -2.28. The van der Waals surface area contributed by atoms with Crippen molar-refractivity contribution in [3.63, 3.8) is 0 Å². The molecule has 1 aliphatic rings. The average molecular weight is 270 g/mol. The zero-order valence-electron chi connectivity index (χ0n) is 10.8. The number of fused-ring (bicyclic) bond motifs is 1. The average Bonchev–Trinajstić information content (AvgIpc) is 3.07. The van der Waals surface area contributed by atoms with Crippen LogP contribution in [0.4, 0.5) is 0 Å². The lowest BCUT2D eigenvalue weighted by atomic mass is 10.0. The molecule has 1 aromatic carbocycles. The number of hydrogen-bond donors (Lipinski definition) is 2. The van der Waals surface area contributed by atoms with Gasteiger partial charge in [0.25, 0.3) is 5.91 Å². The normalized spacial score (nSPS) is 16.6. The smallest absolute Gasteiger partial charge is 0.252 e. The molecule has 0 spiro atoms. The Morgan fingerprint density at radius 3 is 2.90 bits per heavy atom. The Labute approximate surface area is 116 Å². The van der Waals surface area contributed by atoms with E-state index in [0.29, 0.717) is 17.9 Å². The Morgan fingerprint density at radius 1 is 1.25 bits per heavy atom. The monoisotopic (exact) mass is 270 g/mol. The SMILES string of the molecule is O=C(C[C@H]1NC(=O)c2ccccc21)NCc1ccco1. The van der Waals surface area contributed by atoms with Gasteiger partial charge in [0.05, 0.1) is 25.3 Å². The third kappa shape index (κ3) is 2.42. The van der Waals surface area contributed by atoms with Gasteiger partial charge in [-0.05, 0) is 23.8 Å². The molecular formula is C15H14N2O3. The predicted octanol–water partition coefficient (Wildman–Crippen LogP) is 1.77. The Hall–Kier alpha value is -2.56. The van der Waals surface area contributed by atoms with Gasteiger partial charge < -0.3 is 15.1 Å². The van der Waals surface area contributed by atoms with Crippen molar-refractivity contribution in [1.82, 2.24) is 10.6 Å². The van der Waals surface area contributed by atoms with Crippen LogP contribution in [-0.2, 0) is 11.3 Å². The summed E-state index contributed by atoms with van der Waals surface area (Å²) in [7, 11) is 0. The highest BCUT2D eigenvalue weighted by molar-refractivity contribution is 5.99. The Morgan fingerprint density at radius 2 is 2.10 bits per heavy atom. The van der Waals surface area contributed by atoms with Crippen molar-refractivity contribution in [3.05, 3.63) is 59.5 Å². The van der Waals surface area contributed by atoms with Gasteiger partial charge >= 0.3 is 0 Å². The molecule has 5 nitrogen and oxygen atoms in total. The summed E-state index contributed by atoms with van der Waals surface area (Å²) in [5.74, 6) is 0.460. The first-order chi connectivity index (χ1) is 9.74. The molecule has 20 heavy (non-hydrogen) atoms. The standard InChI is InChI=1S/C15H14N2O3/c18-14(16-9-10-4-3-7-20-10)8-13-11-5-1-2-6-12(11)15(19)17-13/h1-7,13H,8-9H2,(H,16,18)(H,17,19)/t13-/m1/s1. The number of carbonyl (C=O) groups excluding carboxylic acids is 2. The van der Waals surface area contributed by atoms with Gasteiger partial charge in [-0.15, -0.1) is 0 Å². The van der Waals surface area contributed by atoms with Crippen LogP contribution < -0.4 is 10.6 Å². The van der Waals surface area contributed by atoms with Crippen molar-refractivity contribution in [2.75, 3.05) is 0 Å². The Bertz CT molecular complexity index is 634. The summed E-state index contributed by atoms with van der Waals surface area (Å²) in [5.41, 5.74) is 1.53. The van der Waals surface area contributed by atoms with Crippen molar-refractivity contribution < 1.29 is 14.0 Å². The molecule has 0 radical (unpaired) electrons. The van der Waals surface area contributed by atoms with Gasteiger partial charge in [0, 0.05) is 5.56 Å². The molecule has 0 saturated heterocycles. The first-order valence-electron chi connectivity index (χ1n) is 6.43. The van der Waals surface area contributed by atoms with E-state index in [1.807, 2.05) is 18.2 Å². The number of rotatable bonds is 4. The van der Waals surface area contributed by atoms with E-state index >= 15 is 0 Å². The van der Waals surface area contributed by atoms with E-state index in [2.05, 4.69) is 10.6 Å². The number of hydrogen-bond acceptors (Lipinski definition) is 3. The zero-order chi connectivity index (χ0) is 13.9. The number of amides is 2. The molecule has 5 heteroatoms. The minimum atomic E-state index is -0.254. The van der Waals surface area contributed by atoms with Crippen LogP contribution in [0.25, 0.3) is 0 Å². The minimum Gasteiger partial charge on any atom is -0.467 e. The molecule has 2 heterocycles. The van der Waals surface area contributed by atoms with Gasteiger partial charge in [0.2, 0.25) is 5.91 Å². The maximum atomic E-state index is 11.9. The topological polar surface area (TPSA) is 71.3 Å². The second kappa shape index (κ2) is 5.21. The highest BCUT2D eigenvalue weighted by atomic mass is 16.3. The Kier molecular flexibility index (Phi) is 3.25. The summed E-state index contributed by atoms with van der Waals surface area (Å²) >= 11 is 0. The van der Waals surface area contributed by atoms with E-state index in [1.165, 1.54) is 0 Å². The predicted molar refractivity (Wildman–Crippen MR) is 71.8 cm³/mol. The summed E-state index contributed by atoms with van der Waals surface area (Å²) in [6.45, 7) is 0.355. The van der Waals surface area contributed by atoms with E-state index in [1.54, 1.807) is 24.5 Å². The van der Waals surface area contributed by atoms with E-state index in [0.717, 1.165) is 5.56 Å². The van der Waals surface area contributed by atoms with E-state index in [-0.39, 0.29) is 24.3 Å². The molecule has 0 bridgehead atoms. The molecule has 2 amide bonds. The van der Waals surface area contributed by atoms with Gasteiger partial charge in [-0.3, -0.25) is 9.59 Å². The summed E-state index contributed by atoms with van der Waals surface area (Å²) in [4.78, 5) is 23.7. The molecule has 0 saturated carbocycles. The summed E-state index contributed by atoms with van der Waals surface area (Å²) in [5, 5.41) is 5.59. The van der Waals surface area contributed by atoms with Gasteiger partial charge in [0.1, 0.15) is 5.76 Å². The van der Waals surface area contributed by atoms with E-state index < -0.39 is 0 Å². The van der Waals surface area contributed by atoms with Crippen LogP contribution >= 0.6 is 0 Å².